The molecule has 1 aliphatic heterocycles. The van der Waals surface area contributed by atoms with E-state index in [2.05, 4.69) is 4.90 Å². The van der Waals surface area contributed by atoms with E-state index < -0.39 is 12.6 Å². The monoisotopic (exact) mass is 310 g/mol. The Morgan fingerprint density at radius 3 is 2.57 bits per heavy atom. The highest BCUT2D eigenvalue weighted by atomic mass is 19.4. The fourth-order valence-electron chi connectivity index (χ4n) is 2.47. The number of carbonyl (C=O) groups is 1. The van der Waals surface area contributed by atoms with Crippen molar-refractivity contribution in [3.63, 3.8) is 0 Å². The van der Waals surface area contributed by atoms with Crippen LogP contribution in [0.5, 0.6) is 0 Å². The van der Waals surface area contributed by atoms with Crippen molar-refractivity contribution in [3.8, 4) is 0 Å². The van der Waals surface area contributed by atoms with Crippen LogP contribution in [0.1, 0.15) is 32.1 Å². The van der Waals surface area contributed by atoms with Crippen molar-refractivity contribution in [1.29, 1.82) is 0 Å². The SMILES string of the molecule is COCCCN1CCCN(C(=O)CCCC(F)(F)F)CC1. The molecule has 1 heterocycles. The largest absolute Gasteiger partial charge is 0.389 e. The van der Waals surface area contributed by atoms with Gasteiger partial charge in [-0.15, -0.1) is 0 Å². The molecule has 0 aromatic carbocycles. The van der Waals surface area contributed by atoms with Gasteiger partial charge in [0.1, 0.15) is 0 Å². The number of nitrogens with zero attached hydrogens (tertiary/aromatic N) is 2. The summed E-state index contributed by atoms with van der Waals surface area (Å²) in [7, 11) is 1.67. The van der Waals surface area contributed by atoms with E-state index in [1.807, 2.05) is 0 Å². The molecule has 0 N–H and O–H groups in total. The topological polar surface area (TPSA) is 32.8 Å². The van der Waals surface area contributed by atoms with Crippen LogP contribution in [0.3, 0.4) is 0 Å². The Labute approximate surface area is 124 Å². The summed E-state index contributed by atoms with van der Waals surface area (Å²) in [6.07, 6.45) is -3.35. The first-order valence-corrected chi connectivity index (χ1v) is 7.48. The van der Waals surface area contributed by atoms with Crippen LogP contribution < -0.4 is 0 Å². The van der Waals surface area contributed by atoms with Gasteiger partial charge in [0.05, 0.1) is 0 Å². The second-order valence-electron chi connectivity index (χ2n) is 5.39. The van der Waals surface area contributed by atoms with Gasteiger partial charge in [-0.2, -0.15) is 13.2 Å². The van der Waals surface area contributed by atoms with Gasteiger partial charge in [0.25, 0.3) is 0 Å². The molecule has 0 atom stereocenters. The third-order valence-electron chi connectivity index (χ3n) is 3.61. The number of hydrogen-bond donors (Lipinski definition) is 0. The Bertz CT molecular complexity index is 311. The molecule has 0 spiro atoms. The van der Waals surface area contributed by atoms with E-state index in [4.69, 9.17) is 4.74 Å². The minimum absolute atomic E-state index is 0.0107. The van der Waals surface area contributed by atoms with Gasteiger partial charge in [0.15, 0.2) is 0 Å². The quantitative estimate of drug-likeness (QED) is 0.676. The maximum absolute atomic E-state index is 12.1. The lowest BCUT2D eigenvalue weighted by atomic mass is 10.2. The average molecular weight is 310 g/mol. The van der Waals surface area contributed by atoms with Crippen LogP contribution in [0.4, 0.5) is 13.2 Å². The van der Waals surface area contributed by atoms with Gasteiger partial charge in [0.2, 0.25) is 5.91 Å². The minimum atomic E-state index is -4.17. The average Bonchev–Trinajstić information content (AvgIpc) is 2.63. The zero-order valence-electron chi connectivity index (χ0n) is 12.6. The van der Waals surface area contributed by atoms with E-state index in [1.54, 1.807) is 12.0 Å². The molecule has 0 saturated carbocycles. The van der Waals surface area contributed by atoms with Gasteiger partial charge >= 0.3 is 6.18 Å². The second kappa shape index (κ2) is 9.25. The van der Waals surface area contributed by atoms with Crippen molar-refractivity contribution in [2.24, 2.45) is 0 Å². The normalized spacial score (nSPS) is 17.8. The predicted molar refractivity (Wildman–Crippen MR) is 74.0 cm³/mol. The number of carbonyl (C=O) groups excluding carboxylic acids is 1. The lowest BCUT2D eigenvalue weighted by Gasteiger charge is -2.22. The van der Waals surface area contributed by atoms with Gasteiger partial charge in [0, 0.05) is 52.7 Å². The number of alkyl halides is 3. The molecule has 1 rings (SSSR count). The number of rotatable bonds is 7. The van der Waals surface area contributed by atoms with E-state index in [0.29, 0.717) is 13.1 Å². The second-order valence-corrected chi connectivity index (χ2v) is 5.39. The molecule has 1 saturated heterocycles. The van der Waals surface area contributed by atoms with Gasteiger partial charge < -0.3 is 14.5 Å². The van der Waals surface area contributed by atoms with E-state index in [-0.39, 0.29) is 18.7 Å². The fraction of sp³-hybridized carbons (Fsp3) is 0.929. The van der Waals surface area contributed by atoms with E-state index in [9.17, 15) is 18.0 Å². The first kappa shape index (κ1) is 18.2. The maximum atomic E-state index is 12.1. The van der Waals surface area contributed by atoms with E-state index >= 15 is 0 Å². The molecule has 0 aliphatic carbocycles. The van der Waals surface area contributed by atoms with Crippen LogP contribution in [0.25, 0.3) is 0 Å². The number of methoxy groups -OCH3 is 1. The summed E-state index contributed by atoms with van der Waals surface area (Å²) in [5.74, 6) is -0.155. The summed E-state index contributed by atoms with van der Waals surface area (Å²) in [6.45, 7) is 4.62. The lowest BCUT2D eigenvalue weighted by Crippen LogP contribution is -2.35. The van der Waals surface area contributed by atoms with Crippen molar-refractivity contribution in [1.82, 2.24) is 9.80 Å². The van der Waals surface area contributed by atoms with Crippen molar-refractivity contribution >= 4 is 5.91 Å². The Hall–Kier alpha value is -0.820. The molecule has 4 nitrogen and oxygen atoms in total. The predicted octanol–water partition coefficient (Wildman–Crippen LogP) is 2.29. The Morgan fingerprint density at radius 1 is 1.14 bits per heavy atom. The summed E-state index contributed by atoms with van der Waals surface area (Å²) in [4.78, 5) is 15.9. The van der Waals surface area contributed by atoms with Gasteiger partial charge in [-0.05, 0) is 25.8 Å². The molecule has 21 heavy (non-hydrogen) atoms. The van der Waals surface area contributed by atoms with Gasteiger partial charge in [-0.1, -0.05) is 0 Å². The molecule has 0 aromatic rings. The Balaban J connectivity index is 2.25. The van der Waals surface area contributed by atoms with Crippen molar-refractivity contribution in [3.05, 3.63) is 0 Å². The highest BCUT2D eigenvalue weighted by molar-refractivity contribution is 5.76. The zero-order valence-corrected chi connectivity index (χ0v) is 12.6. The molecule has 7 heteroatoms. The van der Waals surface area contributed by atoms with E-state index in [1.165, 1.54) is 0 Å². The number of halogens is 3. The summed E-state index contributed by atoms with van der Waals surface area (Å²) < 4.78 is 41.2. The third-order valence-corrected chi connectivity index (χ3v) is 3.61. The fourth-order valence-corrected chi connectivity index (χ4v) is 2.47. The van der Waals surface area contributed by atoms with Crippen LogP contribution in [-0.2, 0) is 9.53 Å². The van der Waals surface area contributed by atoms with Crippen LogP contribution in [0, 0.1) is 0 Å². The summed E-state index contributed by atoms with van der Waals surface area (Å²) in [5.41, 5.74) is 0. The van der Waals surface area contributed by atoms with E-state index in [0.717, 1.165) is 39.1 Å². The maximum Gasteiger partial charge on any atom is 0.389 e. The van der Waals surface area contributed by atoms with Crippen LogP contribution in [-0.4, -0.2) is 68.3 Å². The molecule has 0 aromatic heterocycles. The summed E-state index contributed by atoms with van der Waals surface area (Å²) in [6, 6.07) is 0. The van der Waals surface area contributed by atoms with Crippen molar-refractivity contribution in [2.45, 2.75) is 38.3 Å². The standard InChI is InChI=1S/C14H25F3N2O2/c1-21-12-4-8-18-7-3-9-19(11-10-18)13(20)5-2-6-14(15,16)17/h2-12H2,1H3. The first-order chi connectivity index (χ1) is 9.92. The number of ether oxygens (including phenoxy) is 1. The Kier molecular flexibility index (Phi) is 8.03. The highest BCUT2D eigenvalue weighted by Crippen LogP contribution is 2.22. The number of hydrogen-bond acceptors (Lipinski definition) is 3. The molecule has 1 amide bonds. The molecule has 0 bridgehead atoms. The molecular weight excluding hydrogens is 285 g/mol. The molecular formula is C14H25F3N2O2. The number of amides is 1. The first-order valence-electron chi connectivity index (χ1n) is 7.48. The molecule has 0 unspecified atom stereocenters. The van der Waals surface area contributed by atoms with Gasteiger partial charge in [-0.3, -0.25) is 4.79 Å². The Morgan fingerprint density at radius 2 is 1.90 bits per heavy atom. The van der Waals surface area contributed by atoms with Gasteiger partial charge in [-0.25, -0.2) is 0 Å². The molecule has 1 aliphatic rings. The van der Waals surface area contributed by atoms with Crippen LogP contribution in [0.2, 0.25) is 0 Å². The summed E-state index contributed by atoms with van der Waals surface area (Å²) in [5, 5.41) is 0. The van der Waals surface area contributed by atoms with Crippen molar-refractivity contribution < 1.29 is 22.7 Å². The molecule has 1 fully saturated rings. The molecule has 124 valence electrons. The highest BCUT2D eigenvalue weighted by Gasteiger charge is 2.27. The molecule has 0 radical (unpaired) electrons. The third kappa shape index (κ3) is 8.26. The summed E-state index contributed by atoms with van der Waals surface area (Å²) >= 11 is 0. The van der Waals surface area contributed by atoms with Crippen LogP contribution >= 0.6 is 0 Å². The van der Waals surface area contributed by atoms with Crippen molar-refractivity contribution in [2.75, 3.05) is 46.4 Å². The zero-order chi connectivity index (χ0) is 15.7. The smallest absolute Gasteiger partial charge is 0.385 e. The lowest BCUT2D eigenvalue weighted by molar-refractivity contribution is -0.140. The van der Waals surface area contributed by atoms with Crippen LogP contribution in [0.15, 0.2) is 0 Å². The minimum Gasteiger partial charge on any atom is -0.385 e.